The summed E-state index contributed by atoms with van der Waals surface area (Å²) >= 11 is 0. The molecule has 1 aromatic rings. The molecule has 0 heterocycles. The fourth-order valence-electron chi connectivity index (χ4n) is 6.49. The van der Waals surface area contributed by atoms with E-state index in [-0.39, 0.29) is 53.0 Å². The van der Waals surface area contributed by atoms with Crippen molar-refractivity contribution in [1.29, 1.82) is 0 Å². The summed E-state index contributed by atoms with van der Waals surface area (Å²) in [5.41, 5.74) is 0.233. The first-order valence-electron chi connectivity index (χ1n) is 12.9. The van der Waals surface area contributed by atoms with Gasteiger partial charge in [0.15, 0.2) is 0 Å². The molecule has 3 N–H and O–H groups in total. The van der Waals surface area contributed by atoms with Gasteiger partial charge in [0, 0.05) is 31.0 Å². The van der Waals surface area contributed by atoms with E-state index in [1.165, 1.54) is 12.1 Å². The van der Waals surface area contributed by atoms with Gasteiger partial charge in [-0.05, 0) is 72.0 Å². The van der Waals surface area contributed by atoms with Crippen LogP contribution in [0.2, 0.25) is 0 Å². The molecule has 0 aromatic heterocycles. The van der Waals surface area contributed by atoms with Crippen LogP contribution in [0.5, 0.6) is 0 Å². The molecule has 7 heteroatoms. The van der Waals surface area contributed by atoms with Gasteiger partial charge in [0.25, 0.3) is 0 Å². The van der Waals surface area contributed by atoms with Crippen LogP contribution in [0.25, 0.3) is 0 Å². The number of aliphatic hydroxyl groups is 1. The number of benzene rings is 1. The molecule has 2 amide bonds. The van der Waals surface area contributed by atoms with Crippen molar-refractivity contribution in [2.24, 2.45) is 34.5 Å². The average Bonchev–Trinajstić information content (AvgIpc) is 2.72. The van der Waals surface area contributed by atoms with E-state index in [2.05, 4.69) is 24.5 Å². The monoisotopic (exact) mass is 492 g/mol. The zero-order valence-electron chi connectivity index (χ0n) is 22.0. The van der Waals surface area contributed by atoms with Gasteiger partial charge in [-0.15, -0.1) is 0 Å². The Morgan fingerprint density at radius 2 is 1.74 bits per heavy atom. The SMILES string of the molecule is C[C@@H]1[C@@H]2[C@@H](O)[C@H]([C@H](C)C(=O)NCc3cc(F)cc(F)c3)CC[C@]2(C)CC[C@@H]1NC(=O)CC(C)(C)C. The molecule has 0 radical (unpaired) electrons. The second kappa shape index (κ2) is 10.5. The maximum absolute atomic E-state index is 13.5. The van der Waals surface area contributed by atoms with Crippen LogP contribution in [0.15, 0.2) is 18.2 Å². The summed E-state index contributed by atoms with van der Waals surface area (Å²) in [6.07, 6.45) is 3.26. The standard InChI is InChI=1S/C28H42F2N2O3/c1-16(26(35)31-15-18-11-19(29)13-20(30)12-18)21-7-9-28(6)10-8-22(17(2)24(28)25(21)34)32-23(33)14-27(3,4)5/h11-13,16-17,21-22,24-25,34H,7-10,14-15H2,1-6H3,(H,31,35)(H,32,33)/t16-,17-,21-,22-,24+,25-,28+/m0/s1. The number of rotatable bonds is 6. The summed E-state index contributed by atoms with van der Waals surface area (Å²) in [7, 11) is 0. The van der Waals surface area contributed by atoms with E-state index in [1.54, 1.807) is 0 Å². The molecule has 2 saturated carbocycles. The molecule has 2 aliphatic carbocycles. The summed E-state index contributed by atoms with van der Waals surface area (Å²) in [5, 5.41) is 17.5. The highest BCUT2D eigenvalue weighted by atomic mass is 19.1. The molecule has 0 aliphatic heterocycles. The van der Waals surface area contributed by atoms with Gasteiger partial charge in [0.1, 0.15) is 11.6 Å². The Morgan fingerprint density at radius 1 is 1.14 bits per heavy atom. The summed E-state index contributed by atoms with van der Waals surface area (Å²) < 4.78 is 26.9. The second-order valence-electron chi connectivity index (χ2n) is 12.5. The highest BCUT2D eigenvalue weighted by Crippen LogP contribution is 2.55. The molecule has 2 fully saturated rings. The van der Waals surface area contributed by atoms with Gasteiger partial charge < -0.3 is 15.7 Å². The number of nitrogens with one attached hydrogen (secondary N) is 2. The molecule has 3 rings (SSSR count). The van der Waals surface area contributed by atoms with E-state index in [1.807, 2.05) is 27.7 Å². The van der Waals surface area contributed by atoms with Gasteiger partial charge in [-0.25, -0.2) is 8.78 Å². The van der Waals surface area contributed by atoms with Crippen LogP contribution in [-0.2, 0) is 16.1 Å². The molecule has 35 heavy (non-hydrogen) atoms. The van der Waals surface area contributed by atoms with Gasteiger partial charge in [0.05, 0.1) is 6.10 Å². The highest BCUT2D eigenvalue weighted by molar-refractivity contribution is 5.78. The van der Waals surface area contributed by atoms with Crippen LogP contribution >= 0.6 is 0 Å². The predicted molar refractivity (Wildman–Crippen MR) is 132 cm³/mol. The minimum atomic E-state index is -0.681. The lowest BCUT2D eigenvalue weighted by molar-refractivity contribution is -0.144. The molecular formula is C28H42F2N2O3. The third-order valence-electron chi connectivity index (χ3n) is 8.37. The quantitative estimate of drug-likeness (QED) is 0.525. The van der Waals surface area contributed by atoms with Crippen molar-refractivity contribution in [2.45, 2.75) is 92.3 Å². The topological polar surface area (TPSA) is 78.4 Å². The summed E-state index contributed by atoms with van der Waals surface area (Å²) in [4.78, 5) is 25.5. The normalized spacial score (nSPS) is 31.9. The minimum absolute atomic E-state index is 0.00308. The molecule has 2 aliphatic rings. The number of halogens is 2. The Hall–Kier alpha value is -2.02. The highest BCUT2D eigenvalue weighted by Gasteiger charge is 2.53. The van der Waals surface area contributed by atoms with Crippen LogP contribution in [0.4, 0.5) is 8.78 Å². The van der Waals surface area contributed by atoms with Crippen LogP contribution in [-0.4, -0.2) is 29.1 Å². The number of hydrogen-bond donors (Lipinski definition) is 3. The predicted octanol–water partition coefficient (Wildman–Crippen LogP) is 4.96. The van der Waals surface area contributed by atoms with Crippen molar-refractivity contribution in [2.75, 3.05) is 0 Å². The van der Waals surface area contributed by atoms with Crippen molar-refractivity contribution in [3.8, 4) is 0 Å². The summed E-state index contributed by atoms with van der Waals surface area (Å²) in [6.45, 7) is 12.3. The Kier molecular flexibility index (Phi) is 8.30. The van der Waals surface area contributed by atoms with Crippen molar-refractivity contribution >= 4 is 11.8 Å². The molecule has 0 bridgehead atoms. The first-order chi connectivity index (χ1) is 16.2. The van der Waals surface area contributed by atoms with Crippen molar-refractivity contribution in [3.05, 3.63) is 35.4 Å². The smallest absolute Gasteiger partial charge is 0.223 e. The maximum atomic E-state index is 13.5. The largest absolute Gasteiger partial charge is 0.392 e. The van der Waals surface area contributed by atoms with Gasteiger partial charge in [-0.1, -0.05) is 41.5 Å². The van der Waals surface area contributed by atoms with E-state index < -0.39 is 23.7 Å². The molecule has 196 valence electrons. The lowest BCUT2D eigenvalue weighted by atomic mass is 9.51. The number of carbonyl (C=O) groups is 2. The number of hydrogen-bond acceptors (Lipinski definition) is 3. The lowest BCUT2D eigenvalue weighted by Gasteiger charge is -2.56. The van der Waals surface area contributed by atoms with Gasteiger partial charge in [-0.3, -0.25) is 9.59 Å². The second-order valence-corrected chi connectivity index (χ2v) is 12.5. The van der Waals surface area contributed by atoms with Crippen LogP contribution < -0.4 is 10.6 Å². The van der Waals surface area contributed by atoms with E-state index >= 15 is 0 Å². The minimum Gasteiger partial charge on any atom is -0.392 e. The third-order valence-corrected chi connectivity index (χ3v) is 8.37. The molecule has 0 unspecified atom stereocenters. The number of aliphatic hydroxyl groups excluding tert-OH is 1. The van der Waals surface area contributed by atoms with Crippen molar-refractivity contribution < 1.29 is 23.5 Å². The fourth-order valence-corrected chi connectivity index (χ4v) is 6.49. The summed E-state index contributed by atoms with van der Waals surface area (Å²) in [5.74, 6) is -2.16. The fraction of sp³-hybridized carbons (Fsp3) is 0.714. The molecule has 0 spiro atoms. The Labute approximate surface area is 208 Å². The Bertz CT molecular complexity index is 911. The molecule has 5 nitrogen and oxygen atoms in total. The molecule has 1 aromatic carbocycles. The zero-order valence-corrected chi connectivity index (χ0v) is 22.0. The maximum Gasteiger partial charge on any atom is 0.223 e. The number of fused-ring (bicyclic) bond motifs is 1. The van der Waals surface area contributed by atoms with E-state index in [4.69, 9.17) is 0 Å². The summed E-state index contributed by atoms with van der Waals surface area (Å²) in [6, 6.07) is 3.20. The first-order valence-corrected chi connectivity index (χ1v) is 12.9. The van der Waals surface area contributed by atoms with Crippen LogP contribution in [0, 0.1) is 46.1 Å². The zero-order chi connectivity index (χ0) is 26.1. The first kappa shape index (κ1) is 27.6. The molecule has 0 saturated heterocycles. The number of carbonyl (C=O) groups excluding carboxylic acids is 2. The average molecular weight is 493 g/mol. The van der Waals surface area contributed by atoms with Gasteiger partial charge in [-0.2, -0.15) is 0 Å². The molecular weight excluding hydrogens is 450 g/mol. The van der Waals surface area contributed by atoms with Crippen molar-refractivity contribution in [1.82, 2.24) is 10.6 Å². The Balaban J connectivity index is 1.66. The Morgan fingerprint density at radius 3 is 2.34 bits per heavy atom. The number of amides is 2. The van der Waals surface area contributed by atoms with E-state index in [9.17, 15) is 23.5 Å². The van der Waals surface area contributed by atoms with Crippen LogP contribution in [0.1, 0.15) is 79.2 Å². The van der Waals surface area contributed by atoms with E-state index in [0.29, 0.717) is 12.0 Å². The van der Waals surface area contributed by atoms with Crippen LogP contribution in [0.3, 0.4) is 0 Å². The van der Waals surface area contributed by atoms with Gasteiger partial charge in [0.2, 0.25) is 11.8 Å². The third kappa shape index (κ3) is 6.60. The lowest BCUT2D eigenvalue weighted by Crippen LogP contribution is -2.58. The van der Waals surface area contributed by atoms with E-state index in [0.717, 1.165) is 31.7 Å². The molecule has 7 atom stereocenters. The van der Waals surface area contributed by atoms with Crippen molar-refractivity contribution in [3.63, 3.8) is 0 Å². The van der Waals surface area contributed by atoms with Gasteiger partial charge >= 0.3 is 0 Å².